The van der Waals surface area contributed by atoms with Crippen molar-refractivity contribution < 1.29 is 0 Å². The van der Waals surface area contributed by atoms with Gasteiger partial charge in [0.05, 0.1) is 17.1 Å². The van der Waals surface area contributed by atoms with Crippen LogP contribution in [-0.2, 0) is 6.42 Å². The van der Waals surface area contributed by atoms with Crippen LogP contribution in [0, 0.1) is 20.8 Å². The molecule has 7 heteroatoms. The summed E-state index contributed by atoms with van der Waals surface area (Å²) in [5.74, 6) is 0.727. The monoisotopic (exact) mass is 302 g/mol. The van der Waals surface area contributed by atoms with Crippen molar-refractivity contribution in [1.29, 1.82) is 0 Å². The Morgan fingerprint density at radius 2 is 1.86 bits per heavy atom. The molecular weight excluding hydrogens is 288 g/mol. The molecule has 0 spiro atoms. The summed E-state index contributed by atoms with van der Waals surface area (Å²) in [5.41, 5.74) is 5.04. The molecule has 0 radical (unpaired) electrons. The molecule has 0 N–H and O–H groups in total. The van der Waals surface area contributed by atoms with Crippen molar-refractivity contribution in [3.63, 3.8) is 0 Å². The zero-order valence-corrected chi connectivity index (χ0v) is 13.1. The Labute approximate surface area is 127 Å². The standard InChI is InChI=1S/C14H15ClN6/c1-5-11-10(6-7(2)17-18-11)13-19-20-14-12(15)16-8(3)9(4)21(13)14/h6H,5H2,1-4H3. The normalized spacial score (nSPS) is 11.3. The van der Waals surface area contributed by atoms with E-state index in [1.165, 1.54) is 0 Å². The molecule has 0 bridgehead atoms. The molecule has 0 fully saturated rings. The number of nitrogens with zero attached hydrogens (tertiary/aromatic N) is 6. The van der Waals surface area contributed by atoms with Crippen molar-refractivity contribution >= 4 is 17.2 Å². The molecule has 0 aliphatic rings. The quantitative estimate of drug-likeness (QED) is 0.728. The van der Waals surface area contributed by atoms with Gasteiger partial charge in [0.25, 0.3) is 0 Å². The van der Waals surface area contributed by atoms with Crippen molar-refractivity contribution in [3.05, 3.63) is 34.0 Å². The topological polar surface area (TPSA) is 68.9 Å². The maximum atomic E-state index is 6.18. The summed E-state index contributed by atoms with van der Waals surface area (Å²) < 4.78 is 1.93. The van der Waals surface area contributed by atoms with Crippen LogP contribution in [0.4, 0.5) is 0 Å². The Morgan fingerprint density at radius 1 is 1.10 bits per heavy atom. The lowest BCUT2D eigenvalue weighted by Gasteiger charge is -2.09. The van der Waals surface area contributed by atoms with Crippen molar-refractivity contribution in [2.75, 3.05) is 0 Å². The van der Waals surface area contributed by atoms with E-state index in [0.29, 0.717) is 10.8 Å². The van der Waals surface area contributed by atoms with Gasteiger partial charge < -0.3 is 0 Å². The van der Waals surface area contributed by atoms with Gasteiger partial charge in [0.2, 0.25) is 0 Å². The second kappa shape index (κ2) is 5.04. The van der Waals surface area contributed by atoms with Crippen molar-refractivity contribution in [2.24, 2.45) is 0 Å². The Kier molecular flexibility index (Phi) is 3.33. The average Bonchev–Trinajstić information content (AvgIpc) is 2.90. The van der Waals surface area contributed by atoms with Crippen LogP contribution < -0.4 is 0 Å². The third kappa shape index (κ3) is 2.15. The summed E-state index contributed by atoms with van der Waals surface area (Å²) in [7, 11) is 0. The highest BCUT2D eigenvalue weighted by molar-refractivity contribution is 6.32. The molecule has 108 valence electrons. The van der Waals surface area contributed by atoms with Gasteiger partial charge in [0, 0.05) is 11.3 Å². The smallest absolute Gasteiger partial charge is 0.199 e. The fourth-order valence-electron chi connectivity index (χ4n) is 2.32. The summed E-state index contributed by atoms with van der Waals surface area (Å²) in [5, 5.41) is 17.2. The van der Waals surface area contributed by atoms with E-state index < -0.39 is 0 Å². The Hall–Kier alpha value is -2.08. The lowest BCUT2D eigenvalue weighted by atomic mass is 10.1. The summed E-state index contributed by atoms with van der Waals surface area (Å²) in [6, 6.07) is 1.98. The van der Waals surface area contributed by atoms with Crippen LogP contribution in [0.5, 0.6) is 0 Å². The number of aromatic nitrogens is 6. The van der Waals surface area contributed by atoms with Gasteiger partial charge in [0.15, 0.2) is 16.6 Å². The highest BCUT2D eigenvalue weighted by Gasteiger charge is 2.18. The van der Waals surface area contributed by atoms with E-state index in [-0.39, 0.29) is 0 Å². The predicted molar refractivity (Wildman–Crippen MR) is 80.4 cm³/mol. The van der Waals surface area contributed by atoms with E-state index in [1.54, 1.807) is 0 Å². The molecule has 3 rings (SSSR count). The molecule has 3 heterocycles. The summed E-state index contributed by atoms with van der Waals surface area (Å²) in [6.45, 7) is 7.84. The van der Waals surface area contributed by atoms with E-state index >= 15 is 0 Å². The molecule has 3 aromatic rings. The van der Waals surface area contributed by atoms with Crippen LogP contribution in [0.15, 0.2) is 6.07 Å². The van der Waals surface area contributed by atoms with Gasteiger partial charge in [-0.2, -0.15) is 10.2 Å². The zero-order chi connectivity index (χ0) is 15.1. The van der Waals surface area contributed by atoms with Crippen molar-refractivity contribution in [2.45, 2.75) is 34.1 Å². The molecule has 0 amide bonds. The molecule has 0 saturated heterocycles. The fourth-order valence-corrected chi connectivity index (χ4v) is 2.57. The molecule has 0 aliphatic carbocycles. The summed E-state index contributed by atoms with van der Waals surface area (Å²) >= 11 is 6.18. The third-order valence-corrected chi connectivity index (χ3v) is 3.79. The molecule has 0 aromatic carbocycles. The number of rotatable bonds is 2. The summed E-state index contributed by atoms with van der Waals surface area (Å²) in [4.78, 5) is 4.28. The second-order valence-corrected chi connectivity index (χ2v) is 5.31. The minimum atomic E-state index is 0.355. The molecule has 0 aliphatic heterocycles. The van der Waals surface area contributed by atoms with Crippen LogP contribution >= 0.6 is 11.6 Å². The average molecular weight is 303 g/mol. The molecule has 6 nitrogen and oxygen atoms in total. The SMILES string of the molecule is CCc1nnc(C)cc1-c1nnc2c(Cl)nc(C)c(C)n12. The van der Waals surface area contributed by atoms with E-state index in [1.807, 2.05) is 38.2 Å². The van der Waals surface area contributed by atoms with Gasteiger partial charge >= 0.3 is 0 Å². The first-order valence-corrected chi connectivity index (χ1v) is 7.12. The maximum Gasteiger partial charge on any atom is 0.199 e. The lowest BCUT2D eigenvalue weighted by molar-refractivity contribution is 0.887. The minimum absolute atomic E-state index is 0.355. The first kappa shape index (κ1) is 13.9. The van der Waals surface area contributed by atoms with E-state index in [9.17, 15) is 0 Å². The molecule has 3 aromatic heterocycles. The van der Waals surface area contributed by atoms with E-state index in [0.717, 1.165) is 40.6 Å². The maximum absolute atomic E-state index is 6.18. The fraction of sp³-hybridized carbons (Fsp3) is 0.357. The highest BCUT2D eigenvalue weighted by atomic mass is 35.5. The van der Waals surface area contributed by atoms with Crippen LogP contribution in [-0.4, -0.2) is 29.8 Å². The Bertz CT molecular complexity index is 839. The Balaban J connectivity index is 2.39. The van der Waals surface area contributed by atoms with Gasteiger partial charge in [-0.3, -0.25) is 4.40 Å². The van der Waals surface area contributed by atoms with Gasteiger partial charge in [-0.05, 0) is 33.3 Å². The van der Waals surface area contributed by atoms with Gasteiger partial charge in [0.1, 0.15) is 0 Å². The minimum Gasteiger partial charge on any atom is -0.275 e. The van der Waals surface area contributed by atoms with Gasteiger partial charge in [-0.1, -0.05) is 18.5 Å². The molecule has 0 atom stereocenters. The summed E-state index contributed by atoms with van der Waals surface area (Å²) in [6.07, 6.45) is 0.772. The van der Waals surface area contributed by atoms with Crippen LogP contribution in [0.25, 0.3) is 17.0 Å². The molecular formula is C14H15ClN6. The van der Waals surface area contributed by atoms with Gasteiger partial charge in [-0.15, -0.1) is 10.2 Å². The van der Waals surface area contributed by atoms with Crippen LogP contribution in [0.2, 0.25) is 5.15 Å². The van der Waals surface area contributed by atoms with E-state index in [4.69, 9.17) is 11.6 Å². The number of hydrogen-bond donors (Lipinski definition) is 0. The molecule has 0 saturated carbocycles. The lowest BCUT2D eigenvalue weighted by Crippen LogP contribution is -2.04. The van der Waals surface area contributed by atoms with Crippen LogP contribution in [0.3, 0.4) is 0 Å². The molecule has 0 unspecified atom stereocenters. The van der Waals surface area contributed by atoms with E-state index in [2.05, 4.69) is 25.4 Å². The first-order chi connectivity index (χ1) is 10.0. The highest BCUT2D eigenvalue weighted by Crippen LogP contribution is 2.26. The van der Waals surface area contributed by atoms with Crippen molar-refractivity contribution in [3.8, 4) is 11.4 Å². The first-order valence-electron chi connectivity index (χ1n) is 6.74. The van der Waals surface area contributed by atoms with Crippen LogP contribution in [0.1, 0.15) is 29.7 Å². The third-order valence-electron chi connectivity index (χ3n) is 3.54. The van der Waals surface area contributed by atoms with Gasteiger partial charge in [-0.25, -0.2) is 4.98 Å². The number of fused-ring (bicyclic) bond motifs is 1. The molecule has 21 heavy (non-hydrogen) atoms. The number of halogens is 1. The largest absolute Gasteiger partial charge is 0.275 e. The number of aryl methyl sites for hydroxylation is 4. The second-order valence-electron chi connectivity index (χ2n) is 4.96. The predicted octanol–water partition coefficient (Wildman–Crippen LogP) is 2.72. The Morgan fingerprint density at radius 3 is 2.57 bits per heavy atom. The number of hydrogen-bond acceptors (Lipinski definition) is 5. The van der Waals surface area contributed by atoms with Crippen molar-refractivity contribution in [1.82, 2.24) is 29.8 Å². The zero-order valence-electron chi connectivity index (χ0n) is 12.3.